The van der Waals surface area contributed by atoms with Gasteiger partial charge in [0.2, 0.25) is 0 Å². The van der Waals surface area contributed by atoms with Crippen molar-refractivity contribution in [3.8, 4) is 0 Å². The minimum Gasteiger partial charge on any atom is -0.314 e. The number of rotatable bonds is 6. The minimum atomic E-state index is 0.806. The lowest BCUT2D eigenvalue weighted by atomic mass is 9.95. The lowest BCUT2D eigenvalue weighted by molar-refractivity contribution is 0.387. The van der Waals surface area contributed by atoms with Crippen molar-refractivity contribution in [3.05, 3.63) is 0 Å². The first-order valence-electron chi connectivity index (χ1n) is 6.57. The summed E-state index contributed by atoms with van der Waals surface area (Å²) >= 11 is 2.22. The van der Waals surface area contributed by atoms with Gasteiger partial charge in [-0.3, -0.25) is 0 Å². The normalized spacial score (nSPS) is 27.2. The summed E-state index contributed by atoms with van der Waals surface area (Å²) in [5, 5.41) is 4.53. The molecule has 0 aromatic carbocycles. The Hall–Kier alpha value is 0.310. The zero-order valence-electron chi connectivity index (χ0n) is 10.6. The molecule has 2 heteroatoms. The van der Waals surface area contributed by atoms with Crippen molar-refractivity contribution in [2.24, 2.45) is 5.92 Å². The highest BCUT2D eigenvalue weighted by atomic mass is 32.2. The summed E-state index contributed by atoms with van der Waals surface area (Å²) in [6.45, 7) is 8.00. The predicted molar refractivity (Wildman–Crippen MR) is 71.6 cm³/mol. The van der Waals surface area contributed by atoms with Gasteiger partial charge in [0.25, 0.3) is 0 Å². The Morgan fingerprint density at radius 3 is 2.80 bits per heavy atom. The van der Waals surface area contributed by atoms with E-state index in [9.17, 15) is 0 Å². The van der Waals surface area contributed by atoms with E-state index in [2.05, 4.69) is 37.8 Å². The zero-order chi connectivity index (χ0) is 11.1. The molecule has 0 saturated heterocycles. The van der Waals surface area contributed by atoms with Crippen LogP contribution in [0.25, 0.3) is 0 Å². The molecule has 0 aliphatic heterocycles. The molecular weight excluding hydrogens is 202 g/mol. The lowest BCUT2D eigenvalue weighted by Gasteiger charge is -2.29. The highest BCUT2D eigenvalue weighted by molar-refractivity contribution is 7.99. The van der Waals surface area contributed by atoms with E-state index in [1.807, 2.05) is 0 Å². The first-order valence-corrected chi connectivity index (χ1v) is 7.62. The van der Waals surface area contributed by atoms with E-state index in [1.165, 1.54) is 37.9 Å². The summed E-state index contributed by atoms with van der Waals surface area (Å²) in [6, 6.07) is 0.806. The van der Waals surface area contributed by atoms with Gasteiger partial charge in [-0.25, -0.2) is 0 Å². The first-order chi connectivity index (χ1) is 7.22. The first kappa shape index (κ1) is 13.4. The van der Waals surface area contributed by atoms with Gasteiger partial charge in [0, 0.05) is 11.3 Å². The average molecular weight is 229 g/mol. The molecule has 2 unspecified atom stereocenters. The molecule has 1 aliphatic carbocycles. The van der Waals surface area contributed by atoms with Gasteiger partial charge in [0.05, 0.1) is 0 Å². The Morgan fingerprint density at radius 1 is 1.33 bits per heavy atom. The van der Waals surface area contributed by atoms with Crippen LogP contribution in [0.3, 0.4) is 0 Å². The molecule has 0 amide bonds. The van der Waals surface area contributed by atoms with Gasteiger partial charge < -0.3 is 5.32 Å². The molecule has 1 nitrogen and oxygen atoms in total. The average Bonchev–Trinajstić information content (AvgIpc) is 2.18. The van der Waals surface area contributed by atoms with Gasteiger partial charge in [-0.2, -0.15) is 11.8 Å². The molecule has 1 N–H and O–H groups in total. The molecule has 1 saturated carbocycles. The third-order valence-electron chi connectivity index (χ3n) is 3.17. The minimum absolute atomic E-state index is 0.806. The third kappa shape index (κ3) is 5.82. The molecule has 0 heterocycles. The van der Waals surface area contributed by atoms with Crippen LogP contribution in [0.2, 0.25) is 0 Å². The summed E-state index contributed by atoms with van der Waals surface area (Å²) in [5.41, 5.74) is 0. The van der Waals surface area contributed by atoms with Gasteiger partial charge in [-0.1, -0.05) is 27.2 Å². The lowest BCUT2D eigenvalue weighted by Crippen LogP contribution is -2.35. The van der Waals surface area contributed by atoms with E-state index in [4.69, 9.17) is 0 Å². The van der Waals surface area contributed by atoms with E-state index < -0.39 is 0 Å². The van der Waals surface area contributed by atoms with E-state index in [1.54, 1.807) is 0 Å². The van der Waals surface area contributed by atoms with Crippen LogP contribution in [0.15, 0.2) is 0 Å². The quantitative estimate of drug-likeness (QED) is 0.745. The third-order valence-corrected chi connectivity index (χ3v) is 4.54. The predicted octanol–water partition coefficient (Wildman–Crippen LogP) is 3.69. The number of nitrogens with one attached hydrogen (secondary N) is 1. The Labute approximate surface area is 99.8 Å². The van der Waals surface area contributed by atoms with Crippen molar-refractivity contribution in [1.29, 1.82) is 0 Å². The van der Waals surface area contributed by atoms with Crippen molar-refractivity contribution in [2.75, 3.05) is 12.3 Å². The summed E-state index contributed by atoms with van der Waals surface area (Å²) in [7, 11) is 0. The standard InChI is InChI=1S/C13H27NS/c1-4-14-12-6-5-7-13(10-12)15-9-8-11(2)3/h11-14H,4-10H2,1-3H3. The summed E-state index contributed by atoms with van der Waals surface area (Å²) in [6.07, 6.45) is 7.06. The van der Waals surface area contributed by atoms with Gasteiger partial charge >= 0.3 is 0 Å². The Bertz CT molecular complexity index is 157. The Kier molecular flexibility index (Phi) is 6.74. The smallest absolute Gasteiger partial charge is 0.00774 e. The molecular formula is C13H27NS. The number of thioether (sulfide) groups is 1. The molecule has 0 aromatic rings. The zero-order valence-corrected chi connectivity index (χ0v) is 11.4. The maximum Gasteiger partial charge on any atom is 0.00774 e. The van der Waals surface area contributed by atoms with Crippen molar-refractivity contribution < 1.29 is 0 Å². The second-order valence-electron chi connectivity index (χ2n) is 5.10. The van der Waals surface area contributed by atoms with Crippen LogP contribution in [-0.2, 0) is 0 Å². The maximum absolute atomic E-state index is 3.60. The van der Waals surface area contributed by atoms with E-state index in [-0.39, 0.29) is 0 Å². The van der Waals surface area contributed by atoms with Crippen LogP contribution in [-0.4, -0.2) is 23.6 Å². The summed E-state index contributed by atoms with van der Waals surface area (Å²) in [5.74, 6) is 2.23. The molecule has 0 bridgehead atoms. The fourth-order valence-electron chi connectivity index (χ4n) is 2.24. The van der Waals surface area contributed by atoms with Crippen molar-refractivity contribution in [1.82, 2.24) is 5.32 Å². The highest BCUT2D eigenvalue weighted by Crippen LogP contribution is 2.29. The second kappa shape index (κ2) is 7.56. The molecule has 90 valence electrons. The largest absolute Gasteiger partial charge is 0.314 e. The molecule has 0 spiro atoms. The van der Waals surface area contributed by atoms with Gasteiger partial charge in [-0.05, 0) is 43.9 Å². The van der Waals surface area contributed by atoms with Crippen LogP contribution in [0, 0.1) is 5.92 Å². The Morgan fingerprint density at radius 2 is 2.13 bits per heavy atom. The van der Waals surface area contributed by atoms with Gasteiger partial charge in [0.15, 0.2) is 0 Å². The number of hydrogen-bond acceptors (Lipinski definition) is 2. The highest BCUT2D eigenvalue weighted by Gasteiger charge is 2.21. The number of hydrogen-bond donors (Lipinski definition) is 1. The van der Waals surface area contributed by atoms with Crippen molar-refractivity contribution in [3.63, 3.8) is 0 Å². The molecule has 2 atom stereocenters. The van der Waals surface area contributed by atoms with Gasteiger partial charge in [-0.15, -0.1) is 0 Å². The van der Waals surface area contributed by atoms with Crippen LogP contribution in [0.1, 0.15) is 52.9 Å². The molecule has 1 rings (SSSR count). The van der Waals surface area contributed by atoms with Crippen molar-refractivity contribution >= 4 is 11.8 Å². The summed E-state index contributed by atoms with van der Waals surface area (Å²) < 4.78 is 0. The van der Waals surface area contributed by atoms with Crippen molar-refractivity contribution in [2.45, 2.75) is 64.2 Å². The second-order valence-corrected chi connectivity index (χ2v) is 6.50. The SMILES string of the molecule is CCNC1CCCC(SCCC(C)C)C1. The Balaban J connectivity index is 2.12. The monoisotopic (exact) mass is 229 g/mol. The van der Waals surface area contributed by atoms with Gasteiger partial charge in [0.1, 0.15) is 0 Å². The molecule has 1 aliphatic rings. The van der Waals surface area contributed by atoms with Crippen LogP contribution < -0.4 is 5.32 Å². The molecule has 1 fully saturated rings. The fraction of sp³-hybridized carbons (Fsp3) is 1.00. The van der Waals surface area contributed by atoms with Crippen LogP contribution in [0.5, 0.6) is 0 Å². The molecule has 15 heavy (non-hydrogen) atoms. The van der Waals surface area contributed by atoms with E-state index in [0.29, 0.717) is 0 Å². The molecule has 0 aromatic heterocycles. The van der Waals surface area contributed by atoms with E-state index >= 15 is 0 Å². The van der Waals surface area contributed by atoms with Crippen LogP contribution in [0.4, 0.5) is 0 Å². The maximum atomic E-state index is 3.60. The fourth-order valence-corrected chi connectivity index (χ4v) is 3.88. The van der Waals surface area contributed by atoms with Crippen LogP contribution >= 0.6 is 11.8 Å². The molecule has 0 radical (unpaired) electrons. The van der Waals surface area contributed by atoms with E-state index in [0.717, 1.165) is 23.8 Å². The summed E-state index contributed by atoms with van der Waals surface area (Å²) in [4.78, 5) is 0. The topological polar surface area (TPSA) is 12.0 Å².